The molecule has 0 saturated heterocycles. The second kappa shape index (κ2) is 13.0. The number of alkyl halides is 2. The van der Waals surface area contributed by atoms with E-state index in [9.17, 15) is 4.39 Å². The minimum atomic E-state index is -4.09. The van der Waals surface area contributed by atoms with Gasteiger partial charge in [0.2, 0.25) is 0 Å². The van der Waals surface area contributed by atoms with Gasteiger partial charge in [-0.15, -0.1) is 12.5 Å². The zero-order valence-corrected chi connectivity index (χ0v) is 23.8. The van der Waals surface area contributed by atoms with Gasteiger partial charge in [0.15, 0.2) is 0 Å². The lowest BCUT2D eigenvalue weighted by atomic mass is 9.98. The van der Waals surface area contributed by atoms with Crippen LogP contribution in [0.1, 0.15) is 30.0 Å². The van der Waals surface area contributed by atoms with Crippen molar-refractivity contribution in [2.24, 2.45) is 0 Å². The number of aryl methyl sites for hydroxylation is 1. The Morgan fingerprint density at radius 3 is 1.91 bits per heavy atom. The third-order valence-electron chi connectivity index (χ3n) is 7.14. The SMILES string of the molecule is C=CCCc1ccc(-c2ccc(C(F)(F)Oc3ccc(-c4ccc(-c5ccc(C#CC)cc5)c(F)c4)c(F)c3)c(F)c2)cc1. The van der Waals surface area contributed by atoms with Gasteiger partial charge >= 0.3 is 6.11 Å². The van der Waals surface area contributed by atoms with Crippen LogP contribution >= 0.6 is 0 Å². The van der Waals surface area contributed by atoms with E-state index in [2.05, 4.69) is 18.4 Å². The third kappa shape index (κ3) is 6.74. The van der Waals surface area contributed by atoms with Crippen LogP contribution < -0.4 is 4.74 Å². The highest BCUT2D eigenvalue weighted by Crippen LogP contribution is 2.37. The van der Waals surface area contributed by atoms with E-state index < -0.39 is 34.9 Å². The van der Waals surface area contributed by atoms with E-state index in [0.717, 1.165) is 48.2 Å². The predicted molar refractivity (Wildman–Crippen MR) is 165 cm³/mol. The Bertz CT molecular complexity index is 1860. The van der Waals surface area contributed by atoms with Crippen molar-refractivity contribution in [1.29, 1.82) is 0 Å². The minimum Gasteiger partial charge on any atom is -0.429 e. The number of rotatable bonds is 9. The number of hydrogen-bond donors (Lipinski definition) is 0. The molecule has 0 aromatic heterocycles. The van der Waals surface area contributed by atoms with Crippen LogP contribution in [0.5, 0.6) is 5.75 Å². The van der Waals surface area contributed by atoms with Gasteiger partial charge in [0, 0.05) is 22.8 Å². The van der Waals surface area contributed by atoms with Crippen molar-refractivity contribution < 1.29 is 26.7 Å². The number of allylic oxidation sites excluding steroid dienone is 1. The summed E-state index contributed by atoms with van der Waals surface area (Å²) >= 11 is 0. The summed E-state index contributed by atoms with van der Waals surface area (Å²) in [5.41, 5.74) is 3.13. The number of benzene rings is 5. The molecule has 44 heavy (non-hydrogen) atoms. The molecule has 0 spiro atoms. The summed E-state index contributed by atoms with van der Waals surface area (Å²) in [4.78, 5) is 0. The maximum atomic E-state index is 15.1. The largest absolute Gasteiger partial charge is 0.429 e. The van der Waals surface area contributed by atoms with E-state index in [-0.39, 0.29) is 11.1 Å². The maximum absolute atomic E-state index is 15.1. The van der Waals surface area contributed by atoms with Crippen molar-refractivity contribution in [2.75, 3.05) is 0 Å². The maximum Gasteiger partial charge on any atom is 0.429 e. The van der Waals surface area contributed by atoms with Crippen LogP contribution in [0.15, 0.2) is 116 Å². The minimum absolute atomic E-state index is 0.00858. The molecule has 0 radical (unpaired) electrons. The van der Waals surface area contributed by atoms with E-state index in [1.807, 2.05) is 18.2 Å². The van der Waals surface area contributed by atoms with E-state index in [0.29, 0.717) is 22.3 Å². The van der Waals surface area contributed by atoms with Crippen molar-refractivity contribution in [3.63, 3.8) is 0 Å². The van der Waals surface area contributed by atoms with Gasteiger partial charge in [0.25, 0.3) is 0 Å². The molecule has 5 rings (SSSR count). The fourth-order valence-corrected chi connectivity index (χ4v) is 4.85. The first-order valence-electron chi connectivity index (χ1n) is 13.9. The molecular formula is C38H27F5O. The molecule has 5 aromatic rings. The fraction of sp³-hybridized carbons (Fsp3) is 0.105. The summed E-state index contributed by atoms with van der Waals surface area (Å²) in [6.07, 6.45) is -0.632. The molecule has 5 aromatic carbocycles. The van der Waals surface area contributed by atoms with Gasteiger partial charge in [-0.2, -0.15) is 8.78 Å². The van der Waals surface area contributed by atoms with Gasteiger partial charge < -0.3 is 4.74 Å². The monoisotopic (exact) mass is 594 g/mol. The zero-order chi connectivity index (χ0) is 31.3. The standard InChI is InChI=1S/C38H27F5O/c1-3-5-7-26-8-12-27(13-9-26)29-17-21-34(37(41)22-29)38(42,43)44-31-18-20-33(36(40)24-31)30-16-19-32(35(39)23-30)28-14-10-25(6-4-2)11-15-28/h3,8-24H,1,5,7H2,2H3. The molecule has 6 heteroatoms. The molecule has 220 valence electrons. The van der Waals surface area contributed by atoms with Crippen molar-refractivity contribution in [2.45, 2.75) is 25.9 Å². The quantitative estimate of drug-likeness (QED) is 0.0937. The predicted octanol–water partition coefficient (Wildman–Crippen LogP) is 10.7. The van der Waals surface area contributed by atoms with Crippen molar-refractivity contribution in [3.05, 3.63) is 150 Å². The summed E-state index contributed by atoms with van der Waals surface area (Å²) in [5, 5.41) is 0. The average molecular weight is 595 g/mol. The Balaban J connectivity index is 1.32. The third-order valence-corrected chi connectivity index (χ3v) is 7.14. The Morgan fingerprint density at radius 2 is 1.27 bits per heavy atom. The summed E-state index contributed by atoms with van der Waals surface area (Å²) < 4.78 is 79.8. The van der Waals surface area contributed by atoms with Crippen LogP contribution in [-0.4, -0.2) is 0 Å². The first kappa shape index (κ1) is 30.3. The first-order valence-corrected chi connectivity index (χ1v) is 13.9. The smallest absolute Gasteiger partial charge is 0.429 e. The fourth-order valence-electron chi connectivity index (χ4n) is 4.85. The normalized spacial score (nSPS) is 11.0. The van der Waals surface area contributed by atoms with E-state index in [1.165, 1.54) is 30.3 Å². The molecule has 0 aliphatic heterocycles. The molecule has 0 bridgehead atoms. The van der Waals surface area contributed by atoms with Crippen LogP contribution in [0.4, 0.5) is 22.0 Å². The topological polar surface area (TPSA) is 9.23 Å². The van der Waals surface area contributed by atoms with Gasteiger partial charge in [0.05, 0.1) is 5.56 Å². The lowest BCUT2D eigenvalue weighted by Gasteiger charge is -2.20. The molecule has 0 aliphatic rings. The lowest BCUT2D eigenvalue weighted by Crippen LogP contribution is -2.23. The number of ether oxygens (including phenoxy) is 1. The Hall–Kier alpha value is -5.15. The Labute approximate surface area is 253 Å². The van der Waals surface area contributed by atoms with Crippen molar-refractivity contribution >= 4 is 0 Å². The van der Waals surface area contributed by atoms with Crippen LogP contribution in [-0.2, 0) is 12.5 Å². The van der Waals surface area contributed by atoms with Crippen molar-refractivity contribution in [1.82, 2.24) is 0 Å². The van der Waals surface area contributed by atoms with E-state index in [1.54, 1.807) is 43.3 Å². The molecule has 0 heterocycles. The molecular weight excluding hydrogens is 567 g/mol. The van der Waals surface area contributed by atoms with Gasteiger partial charge in [-0.1, -0.05) is 66.6 Å². The van der Waals surface area contributed by atoms with Crippen molar-refractivity contribution in [3.8, 4) is 51.0 Å². The van der Waals surface area contributed by atoms with E-state index >= 15 is 17.6 Å². The second-order valence-electron chi connectivity index (χ2n) is 10.1. The highest BCUT2D eigenvalue weighted by Gasteiger charge is 2.38. The molecule has 0 N–H and O–H groups in total. The van der Waals surface area contributed by atoms with Gasteiger partial charge in [-0.05, 0) is 90.0 Å². The highest BCUT2D eigenvalue weighted by molar-refractivity contribution is 5.72. The van der Waals surface area contributed by atoms with Crippen LogP contribution in [0.25, 0.3) is 33.4 Å². The first-order chi connectivity index (χ1) is 21.2. The summed E-state index contributed by atoms with van der Waals surface area (Å²) in [5.74, 6) is 2.56. The zero-order valence-electron chi connectivity index (χ0n) is 23.8. The summed E-state index contributed by atoms with van der Waals surface area (Å²) in [6.45, 7) is 5.42. The molecule has 0 fully saturated rings. The molecule has 1 nitrogen and oxygen atoms in total. The van der Waals surface area contributed by atoms with Crippen LogP contribution in [0.3, 0.4) is 0 Å². The Morgan fingerprint density at radius 1 is 0.682 bits per heavy atom. The molecule has 0 saturated carbocycles. The number of halogens is 5. The lowest BCUT2D eigenvalue weighted by molar-refractivity contribution is -0.187. The van der Waals surface area contributed by atoms with E-state index in [4.69, 9.17) is 4.74 Å². The second-order valence-corrected chi connectivity index (χ2v) is 10.1. The van der Waals surface area contributed by atoms with Gasteiger partial charge in [-0.25, -0.2) is 13.2 Å². The molecule has 0 aliphatic carbocycles. The van der Waals surface area contributed by atoms with Gasteiger partial charge in [-0.3, -0.25) is 0 Å². The Kier molecular flexibility index (Phi) is 8.96. The van der Waals surface area contributed by atoms with Gasteiger partial charge in [0.1, 0.15) is 23.2 Å². The molecule has 0 atom stereocenters. The molecule has 0 unspecified atom stereocenters. The summed E-state index contributed by atoms with van der Waals surface area (Å²) in [6, 6.07) is 25.1. The average Bonchev–Trinajstić information content (AvgIpc) is 3.00. The molecule has 0 amide bonds. The van der Waals surface area contributed by atoms with Crippen LogP contribution in [0.2, 0.25) is 0 Å². The number of hydrogen-bond acceptors (Lipinski definition) is 1. The van der Waals surface area contributed by atoms with Crippen LogP contribution in [0, 0.1) is 29.3 Å². The summed E-state index contributed by atoms with van der Waals surface area (Å²) in [7, 11) is 0. The highest BCUT2D eigenvalue weighted by atomic mass is 19.3.